The monoisotopic (exact) mass is 500 g/mol. The van der Waals surface area contributed by atoms with Gasteiger partial charge in [0.05, 0.1) is 31.4 Å². The Labute approximate surface area is 209 Å². The van der Waals surface area contributed by atoms with Gasteiger partial charge in [-0.1, -0.05) is 0 Å². The Bertz CT molecular complexity index is 1080. The van der Waals surface area contributed by atoms with Gasteiger partial charge in [-0.3, -0.25) is 14.5 Å². The van der Waals surface area contributed by atoms with Crippen molar-refractivity contribution in [1.29, 1.82) is 0 Å². The lowest BCUT2D eigenvalue weighted by atomic mass is 9.74. The Kier molecular flexibility index (Phi) is 8.12. The summed E-state index contributed by atoms with van der Waals surface area (Å²) < 4.78 is 10.8. The Morgan fingerprint density at radius 3 is 2.66 bits per heavy atom. The number of carboxylic acids is 1. The van der Waals surface area contributed by atoms with Crippen LogP contribution in [0.3, 0.4) is 0 Å². The molecule has 0 aliphatic carbocycles. The number of fused-ring (bicyclic) bond motifs is 3. The van der Waals surface area contributed by atoms with Gasteiger partial charge in [-0.15, -0.1) is 11.8 Å². The minimum atomic E-state index is -0.904. The highest BCUT2D eigenvalue weighted by atomic mass is 32.2. The number of hydrogen-bond donors (Lipinski definition) is 2. The Balaban J connectivity index is 1.43. The minimum Gasteiger partial charge on any atom is -0.493 e. The number of aliphatic carboxylic acids is 1. The molecule has 0 radical (unpaired) electrons. The smallest absolute Gasteiger partial charge is 0.313 e. The standard InChI is InChI=1S/C25H32N4O5S/c1-15-27-20(17-4-5-22(33-2)23(9-17)34-3)10-21(28-15)19-12-29-7-6-16(19)8-18(29)11-26-24(30)13-35-14-25(31)32/h4-5,9-10,16,18-19H,6-8,11-14H2,1-3H3,(H,26,30)(H,31,32)/t16-,18+,19+/m0/s1. The number of carbonyl (C=O) groups excluding carboxylic acids is 1. The molecule has 0 saturated carbocycles. The van der Waals surface area contributed by atoms with Crippen molar-refractivity contribution in [1.82, 2.24) is 20.2 Å². The molecule has 1 amide bonds. The molecule has 0 spiro atoms. The number of carboxylic acid groups (broad SMARTS) is 1. The van der Waals surface area contributed by atoms with Crippen LogP contribution in [0.15, 0.2) is 24.3 Å². The summed E-state index contributed by atoms with van der Waals surface area (Å²) in [6, 6.07) is 8.20. The Morgan fingerprint density at radius 2 is 1.97 bits per heavy atom. The highest BCUT2D eigenvalue weighted by molar-refractivity contribution is 8.00. The van der Waals surface area contributed by atoms with Crippen LogP contribution in [0.2, 0.25) is 0 Å². The Hall–Kier alpha value is -2.85. The first-order valence-electron chi connectivity index (χ1n) is 11.8. The number of carbonyl (C=O) groups is 2. The number of piperidine rings is 3. The topological polar surface area (TPSA) is 114 Å². The first kappa shape index (κ1) is 25.2. The number of ether oxygens (including phenoxy) is 2. The van der Waals surface area contributed by atoms with Crippen LogP contribution in [0.1, 0.15) is 30.3 Å². The van der Waals surface area contributed by atoms with E-state index < -0.39 is 5.97 Å². The number of methoxy groups -OCH3 is 2. The van der Waals surface area contributed by atoms with E-state index in [1.807, 2.05) is 25.1 Å². The highest BCUT2D eigenvalue weighted by Gasteiger charge is 2.41. The third kappa shape index (κ3) is 6.05. The number of benzene rings is 1. The maximum Gasteiger partial charge on any atom is 0.313 e. The molecule has 1 unspecified atom stereocenters. The SMILES string of the molecule is COc1ccc(-c2cc([C@@H]3CN4CC[C@H]3C[C@@H]4CNC(=O)CSCC(=O)O)nc(C)n2)cc1OC. The van der Waals surface area contributed by atoms with E-state index in [4.69, 9.17) is 19.6 Å². The van der Waals surface area contributed by atoms with E-state index in [9.17, 15) is 9.59 Å². The molecule has 3 saturated heterocycles. The predicted molar refractivity (Wildman–Crippen MR) is 134 cm³/mol. The number of amides is 1. The number of thioether (sulfide) groups is 1. The zero-order valence-electron chi connectivity index (χ0n) is 20.3. The lowest BCUT2D eigenvalue weighted by Crippen LogP contribution is -2.56. The summed E-state index contributed by atoms with van der Waals surface area (Å²) in [5, 5.41) is 11.7. The zero-order chi connectivity index (χ0) is 24.9. The fraction of sp³-hybridized carbons (Fsp3) is 0.520. The number of nitrogens with one attached hydrogen (secondary N) is 1. The van der Waals surface area contributed by atoms with Gasteiger partial charge in [-0.05, 0) is 56.5 Å². The summed E-state index contributed by atoms with van der Waals surface area (Å²) in [4.78, 5) is 34.6. The van der Waals surface area contributed by atoms with Gasteiger partial charge >= 0.3 is 5.97 Å². The fourth-order valence-electron chi connectivity index (χ4n) is 5.12. The van der Waals surface area contributed by atoms with Gasteiger partial charge in [-0.2, -0.15) is 0 Å². The molecule has 2 aromatic rings. The molecule has 3 aliphatic heterocycles. The Morgan fingerprint density at radius 1 is 1.17 bits per heavy atom. The van der Waals surface area contributed by atoms with Crippen molar-refractivity contribution in [2.24, 2.45) is 5.92 Å². The number of rotatable bonds is 10. The van der Waals surface area contributed by atoms with Gasteiger partial charge in [0.2, 0.25) is 5.91 Å². The lowest BCUT2D eigenvalue weighted by molar-refractivity contribution is -0.133. The van der Waals surface area contributed by atoms with Crippen molar-refractivity contribution in [3.63, 3.8) is 0 Å². The molecule has 4 atom stereocenters. The molecule has 9 nitrogen and oxygen atoms in total. The van der Waals surface area contributed by atoms with E-state index in [1.54, 1.807) is 14.2 Å². The third-order valence-electron chi connectivity index (χ3n) is 6.79. The van der Waals surface area contributed by atoms with Gasteiger partial charge in [0.1, 0.15) is 5.82 Å². The molecule has 10 heteroatoms. The van der Waals surface area contributed by atoms with Crippen molar-refractivity contribution in [3.8, 4) is 22.8 Å². The van der Waals surface area contributed by atoms with Gasteiger partial charge in [-0.25, -0.2) is 9.97 Å². The van der Waals surface area contributed by atoms with Crippen LogP contribution < -0.4 is 14.8 Å². The number of hydrogen-bond acceptors (Lipinski definition) is 8. The second-order valence-corrected chi connectivity index (χ2v) is 10.0. The maximum atomic E-state index is 12.1. The van der Waals surface area contributed by atoms with E-state index in [2.05, 4.69) is 21.3 Å². The molecule has 188 valence electrons. The van der Waals surface area contributed by atoms with Crippen LogP contribution >= 0.6 is 11.8 Å². The van der Waals surface area contributed by atoms with Crippen LogP contribution in [0.4, 0.5) is 0 Å². The van der Waals surface area contributed by atoms with E-state index >= 15 is 0 Å². The molecule has 5 rings (SSSR count). The molecule has 1 aromatic heterocycles. The van der Waals surface area contributed by atoms with Crippen LogP contribution in [0, 0.1) is 12.8 Å². The normalized spacial score (nSPS) is 23.1. The summed E-state index contributed by atoms with van der Waals surface area (Å²) in [5.41, 5.74) is 2.88. The molecule has 1 aromatic carbocycles. The molecular formula is C25H32N4O5S. The van der Waals surface area contributed by atoms with E-state index in [1.165, 1.54) is 0 Å². The van der Waals surface area contributed by atoms with Crippen LogP contribution in [-0.4, -0.2) is 83.3 Å². The van der Waals surface area contributed by atoms with Crippen molar-refractivity contribution in [2.45, 2.75) is 31.7 Å². The molecule has 3 aliphatic rings. The van der Waals surface area contributed by atoms with Crippen LogP contribution in [0.25, 0.3) is 11.3 Å². The minimum absolute atomic E-state index is 0.0592. The van der Waals surface area contributed by atoms with Crippen molar-refractivity contribution in [3.05, 3.63) is 35.8 Å². The fourth-order valence-corrected chi connectivity index (χ4v) is 5.69. The van der Waals surface area contributed by atoms with Crippen LogP contribution in [0.5, 0.6) is 11.5 Å². The van der Waals surface area contributed by atoms with E-state index in [0.29, 0.717) is 35.9 Å². The lowest BCUT2D eigenvalue weighted by Gasteiger charge is -2.49. The maximum absolute atomic E-state index is 12.1. The highest BCUT2D eigenvalue weighted by Crippen LogP contribution is 2.42. The molecular weight excluding hydrogens is 468 g/mol. The molecule has 3 fully saturated rings. The van der Waals surface area contributed by atoms with Crippen molar-refractivity contribution < 1.29 is 24.2 Å². The summed E-state index contributed by atoms with van der Waals surface area (Å²) in [7, 11) is 3.24. The summed E-state index contributed by atoms with van der Waals surface area (Å²) >= 11 is 1.12. The average molecular weight is 501 g/mol. The first-order valence-corrected chi connectivity index (χ1v) is 12.9. The summed E-state index contributed by atoms with van der Waals surface area (Å²) in [5.74, 6) is 2.00. The van der Waals surface area contributed by atoms with E-state index in [0.717, 1.165) is 60.5 Å². The molecule has 2 N–H and O–H groups in total. The second-order valence-electron chi connectivity index (χ2n) is 9.03. The van der Waals surface area contributed by atoms with Gasteiger partial charge in [0.25, 0.3) is 0 Å². The number of aryl methyl sites for hydroxylation is 1. The molecule has 4 heterocycles. The number of aromatic nitrogens is 2. The summed E-state index contributed by atoms with van der Waals surface area (Å²) in [6.07, 6.45) is 2.11. The average Bonchev–Trinajstić information content (AvgIpc) is 2.86. The second kappa shape index (κ2) is 11.3. The quantitative estimate of drug-likeness (QED) is 0.508. The largest absolute Gasteiger partial charge is 0.493 e. The third-order valence-corrected chi connectivity index (χ3v) is 7.71. The van der Waals surface area contributed by atoms with Gasteiger partial charge < -0.3 is 19.9 Å². The van der Waals surface area contributed by atoms with Gasteiger partial charge in [0, 0.05) is 36.3 Å². The van der Waals surface area contributed by atoms with Gasteiger partial charge in [0.15, 0.2) is 11.5 Å². The molecule has 35 heavy (non-hydrogen) atoms. The first-order chi connectivity index (χ1) is 16.9. The zero-order valence-corrected chi connectivity index (χ0v) is 21.1. The summed E-state index contributed by atoms with van der Waals surface area (Å²) in [6.45, 7) is 4.44. The predicted octanol–water partition coefficient (Wildman–Crippen LogP) is 2.58. The van der Waals surface area contributed by atoms with Crippen molar-refractivity contribution in [2.75, 3.05) is 45.4 Å². The number of nitrogens with zero attached hydrogens (tertiary/aromatic N) is 3. The van der Waals surface area contributed by atoms with Crippen molar-refractivity contribution >= 4 is 23.6 Å². The van der Waals surface area contributed by atoms with Crippen LogP contribution in [-0.2, 0) is 9.59 Å². The van der Waals surface area contributed by atoms with E-state index in [-0.39, 0.29) is 17.4 Å². The molecule has 2 bridgehead atoms.